The van der Waals surface area contributed by atoms with Crippen LogP contribution in [-0.4, -0.2) is 36.6 Å². The first-order valence-corrected chi connectivity index (χ1v) is 9.20. The number of hydrogen-bond acceptors (Lipinski definition) is 2. The summed E-state index contributed by atoms with van der Waals surface area (Å²) < 4.78 is 0. The maximum Gasteiger partial charge on any atom is 0.00928 e. The fourth-order valence-corrected chi connectivity index (χ4v) is 3.77. The van der Waals surface area contributed by atoms with E-state index in [1.807, 2.05) is 0 Å². The van der Waals surface area contributed by atoms with Crippen LogP contribution in [0.5, 0.6) is 0 Å². The van der Waals surface area contributed by atoms with Gasteiger partial charge in [0.1, 0.15) is 0 Å². The van der Waals surface area contributed by atoms with Crippen molar-refractivity contribution in [2.24, 2.45) is 5.41 Å². The second-order valence-electron chi connectivity index (χ2n) is 7.24. The highest BCUT2D eigenvalue weighted by Gasteiger charge is 2.33. The minimum atomic E-state index is 0.500. The van der Waals surface area contributed by atoms with Gasteiger partial charge in [-0.15, -0.1) is 0 Å². The fraction of sp³-hybridized carbons (Fsp3) is 1.00. The average molecular weight is 281 g/mol. The lowest BCUT2D eigenvalue weighted by molar-refractivity contribution is 0.0970. The highest BCUT2D eigenvalue weighted by molar-refractivity contribution is 4.90. The van der Waals surface area contributed by atoms with E-state index >= 15 is 0 Å². The summed E-state index contributed by atoms with van der Waals surface area (Å²) in [5, 5.41) is 3.81. The topological polar surface area (TPSA) is 15.3 Å². The summed E-state index contributed by atoms with van der Waals surface area (Å²) >= 11 is 0. The van der Waals surface area contributed by atoms with E-state index in [1.54, 1.807) is 0 Å². The Kier molecular flexibility index (Phi) is 6.35. The van der Waals surface area contributed by atoms with Crippen LogP contribution < -0.4 is 5.32 Å². The predicted octanol–water partition coefficient (Wildman–Crippen LogP) is 4.20. The minimum Gasteiger partial charge on any atom is -0.313 e. The Morgan fingerprint density at radius 3 is 2.35 bits per heavy atom. The zero-order valence-electron chi connectivity index (χ0n) is 14.1. The third-order valence-electron chi connectivity index (χ3n) is 5.85. The van der Waals surface area contributed by atoms with Gasteiger partial charge in [0.15, 0.2) is 0 Å². The molecule has 1 saturated carbocycles. The molecule has 0 amide bonds. The largest absolute Gasteiger partial charge is 0.313 e. The molecule has 0 aromatic heterocycles. The van der Waals surface area contributed by atoms with Crippen LogP contribution in [0.4, 0.5) is 0 Å². The first kappa shape index (κ1) is 16.3. The molecule has 20 heavy (non-hydrogen) atoms. The molecule has 0 radical (unpaired) electrons. The van der Waals surface area contributed by atoms with E-state index in [1.165, 1.54) is 77.4 Å². The van der Waals surface area contributed by atoms with Gasteiger partial charge in [-0.2, -0.15) is 0 Å². The maximum atomic E-state index is 3.81. The quantitative estimate of drug-likeness (QED) is 0.717. The van der Waals surface area contributed by atoms with E-state index in [2.05, 4.69) is 31.0 Å². The van der Waals surface area contributed by atoms with Crippen molar-refractivity contribution in [3.05, 3.63) is 0 Å². The second-order valence-corrected chi connectivity index (χ2v) is 7.24. The molecule has 118 valence electrons. The Hall–Kier alpha value is -0.0800. The Bertz CT molecular complexity index is 269. The van der Waals surface area contributed by atoms with Gasteiger partial charge in [0.2, 0.25) is 0 Å². The molecule has 1 unspecified atom stereocenters. The Morgan fingerprint density at radius 1 is 1.00 bits per heavy atom. The first-order valence-electron chi connectivity index (χ1n) is 9.20. The van der Waals surface area contributed by atoms with E-state index in [4.69, 9.17) is 0 Å². The molecule has 2 nitrogen and oxygen atoms in total. The van der Waals surface area contributed by atoms with Crippen LogP contribution in [0.15, 0.2) is 0 Å². The van der Waals surface area contributed by atoms with Gasteiger partial charge in [-0.05, 0) is 56.9 Å². The van der Waals surface area contributed by atoms with E-state index < -0.39 is 0 Å². The van der Waals surface area contributed by atoms with Gasteiger partial charge in [-0.25, -0.2) is 0 Å². The molecule has 2 rings (SSSR count). The van der Waals surface area contributed by atoms with Crippen LogP contribution in [0.25, 0.3) is 0 Å². The fourth-order valence-electron chi connectivity index (χ4n) is 3.77. The lowest BCUT2D eigenvalue weighted by atomic mass is 9.81. The van der Waals surface area contributed by atoms with Gasteiger partial charge in [0, 0.05) is 25.2 Å². The molecule has 0 spiro atoms. The summed E-state index contributed by atoms with van der Waals surface area (Å²) in [5.41, 5.74) is 0.500. The summed E-state index contributed by atoms with van der Waals surface area (Å²) in [7, 11) is 0. The minimum absolute atomic E-state index is 0.500. The smallest absolute Gasteiger partial charge is 0.00928 e. The summed E-state index contributed by atoms with van der Waals surface area (Å²) in [6.45, 7) is 11.1. The number of hydrogen-bond donors (Lipinski definition) is 1. The zero-order valence-corrected chi connectivity index (χ0v) is 14.1. The molecule has 1 saturated heterocycles. The molecule has 1 N–H and O–H groups in total. The summed E-state index contributed by atoms with van der Waals surface area (Å²) in [6, 6.07) is 1.69. The molecule has 1 atom stereocenters. The Labute approximate surface area is 126 Å². The van der Waals surface area contributed by atoms with E-state index in [0.717, 1.165) is 12.1 Å². The number of nitrogens with one attached hydrogen (secondary N) is 1. The summed E-state index contributed by atoms with van der Waals surface area (Å²) in [5.74, 6) is 0. The van der Waals surface area contributed by atoms with Crippen LogP contribution in [-0.2, 0) is 0 Å². The van der Waals surface area contributed by atoms with Crippen LogP contribution in [0.1, 0.15) is 78.6 Å². The second kappa shape index (κ2) is 7.79. The van der Waals surface area contributed by atoms with Gasteiger partial charge in [0.25, 0.3) is 0 Å². The highest BCUT2D eigenvalue weighted by Crippen LogP contribution is 2.32. The van der Waals surface area contributed by atoms with Crippen LogP contribution in [0.3, 0.4) is 0 Å². The lowest BCUT2D eigenvalue weighted by Gasteiger charge is -2.40. The molecular formula is C18H36N2. The monoisotopic (exact) mass is 280 g/mol. The zero-order chi connectivity index (χ0) is 14.4. The molecular weight excluding hydrogens is 244 g/mol. The van der Waals surface area contributed by atoms with Crippen molar-refractivity contribution >= 4 is 0 Å². The highest BCUT2D eigenvalue weighted by atomic mass is 15.2. The third-order valence-corrected chi connectivity index (χ3v) is 5.85. The van der Waals surface area contributed by atoms with E-state index in [-0.39, 0.29) is 0 Å². The van der Waals surface area contributed by atoms with Gasteiger partial charge in [-0.1, -0.05) is 33.6 Å². The third kappa shape index (κ3) is 4.46. The van der Waals surface area contributed by atoms with Crippen LogP contribution in [0.2, 0.25) is 0 Å². The Balaban J connectivity index is 1.95. The van der Waals surface area contributed by atoms with Gasteiger partial charge >= 0.3 is 0 Å². The van der Waals surface area contributed by atoms with Crippen molar-refractivity contribution in [2.75, 3.05) is 19.6 Å². The number of likely N-dealkylation sites (tertiary alicyclic amines) is 1. The summed E-state index contributed by atoms with van der Waals surface area (Å²) in [4.78, 5) is 2.84. The van der Waals surface area contributed by atoms with Crippen molar-refractivity contribution < 1.29 is 0 Å². The molecule has 0 aromatic carbocycles. The Morgan fingerprint density at radius 2 is 1.75 bits per heavy atom. The lowest BCUT2D eigenvalue weighted by Crippen LogP contribution is -2.47. The number of rotatable bonds is 8. The van der Waals surface area contributed by atoms with Crippen molar-refractivity contribution in [1.82, 2.24) is 10.2 Å². The van der Waals surface area contributed by atoms with E-state index in [9.17, 15) is 0 Å². The summed E-state index contributed by atoms with van der Waals surface area (Å²) in [6.07, 6.45) is 12.5. The van der Waals surface area contributed by atoms with Crippen molar-refractivity contribution in [3.8, 4) is 0 Å². The molecule has 0 aromatic rings. The molecule has 1 heterocycles. The van der Waals surface area contributed by atoms with Crippen LogP contribution >= 0.6 is 0 Å². The normalized spacial score (nSPS) is 25.6. The van der Waals surface area contributed by atoms with Crippen molar-refractivity contribution in [3.63, 3.8) is 0 Å². The molecule has 0 bridgehead atoms. The van der Waals surface area contributed by atoms with Gasteiger partial charge < -0.3 is 5.32 Å². The molecule has 2 aliphatic rings. The van der Waals surface area contributed by atoms with E-state index in [0.29, 0.717) is 5.41 Å². The SMILES string of the molecule is CCC1CCCCCN1CC(CC)(CC)CNC1CC1. The maximum absolute atomic E-state index is 3.81. The van der Waals surface area contributed by atoms with Crippen molar-refractivity contribution in [1.29, 1.82) is 0 Å². The average Bonchev–Trinajstić information content (AvgIpc) is 3.31. The molecule has 1 aliphatic carbocycles. The molecule has 1 aliphatic heterocycles. The molecule has 2 fully saturated rings. The van der Waals surface area contributed by atoms with Gasteiger partial charge in [-0.3, -0.25) is 4.90 Å². The standard InChI is InChI=1S/C18H36N2/c1-4-17-10-8-7-9-13-20(17)15-18(5-2,6-3)14-19-16-11-12-16/h16-17,19H,4-15H2,1-3H3. The van der Waals surface area contributed by atoms with Gasteiger partial charge in [0.05, 0.1) is 0 Å². The first-order chi connectivity index (χ1) is 9.73. The van der Waals surface area contributed by atoms with Crippen LogP contribution in [0, 0.1) is 5.41 Å². The number of nitrogens with zero attached hydrogens (tertiary/aromatic N) is 1. The van der Waals surface area contributed by atoms with Crippen molar-refractivity contribution in [2.45, 2.75) is 90.6 Å². The predicted molar refractivity (Wildman–Crippen MR) is 88.2 cm³/mol. The molecule has 2 heteroatoms.